The number of imidazole rings is 1. The van der Waals surface area contributed by atoms with E-state index in [1.807, 2.05) is 26.0 Å². The minimum absolute atomic E-state index is 0.00834. The van der Waals surface area contributed by atoms with E-state index in [9.17, 15) is 14.4 Å². The molecule has 9 nitrogen and oxygen atoms in total. The van der Waals surface area contributed by atoms with Crippen LogP contribution < -0.4 is 21.4 Å². The predicted molar refractivity (Wildman–Crippen MR) is 119 cm³/mol. The number of rotatable bonds is 7. The summed E-state index contributed by atoms with van der Waals surface area (Å²) in [6.45, 7) is 3.73. The summed E-state index contributed by atoms with van der Waals surface area (Å²) in [6.07, 6.45) is 0. The maximum Gasteiger partial charge on any atom is 0.332 e. The summed E-state index contributed by atoms with van der Waals surface area (Å²) >= 11 is 3.42. The van der Waals surface area contributed by atoms with E-state index in [4.69, 9.17) is 9.47 Å². The quantitative estimate of drug-likeness (QED) is 0.271. The van der Waals surface area contributed by atoms with Gasteiger partial charge in [0.25, 0.3) is 5.56 Å². The Morgan fingerprint density at radius 3 is 2.57 bits per heavy atom. The molecule has 0 saturated carbocycles. The van der Waals surface area contributed by atoms with Crippen molar-refractivity contribution in [2.45, 2.75) is 33.5 Å². The summed E-state index contributed by atoms with van der Waals surface area (Å²) in [4.78, 5) is 41.4. The van der Waals surface area contributed by atoms with Gasteiger partial charge in [-0.2, -0.15) is 0 Å². The van der Waals surface area contributed by atoms with Crippen LogP contribution in [0.1, 0.15) is 19.4 Å². The van der Waals surface area contributed by atoms with E-state index in [-0.39, 0.29) is 25.3 Å². The maximum absolute atomic E-state index is 13.1. The second-order valence-corrected chi connectivity index (χ2v) is 7.48. The van der Waals surface area contributed by atoms with Gasteiger partial charge in [-0.1, -0.05) is 12.1 Å². The van der Waals surface area contributed by atoms with Crippen molar-refractivity contribution < 1.29 is 14.3 Å². The predicted octanol–water partition coefficient (Wildman–Crippen LogP) is 0.0205. The molecular weight excluding hydrogens is 455 g/mol. The molecule has 0 aliphatic heterocycles. The first kappa shape index (κ1) is 21.9. The number of hydrogen-bond acceptors (Lipinski definition) is 6. The maximum atomic E-state index is 13.1. The highest BCUT2D eigenvalue weighted by Crippen LogP contribution is 2.19. The molecule has 1 aromatic carbocycles. The Bertz CT molecular complexity index is 1230. The fourth-order valence-electron chi connectivity index (χ4n) is 3.39. The average Bonchev–Trinajstić information content (AvgIpc) is 3.01. The van der Waals surface area contributed by atoms with Gasteiger partial charge in [0.1, 0.15) is 20.2 Å². The number of fused-ring (bicyclic) bond motifs is 1. The Labute approximate surface area is 181 Å². The zero-order chi connectivity index (χ0) is 22.0. The van der Waals surface area contributed by atoms with Crippen LogP contribution in [0.5, 0.6) is 5.75 Å². The number of nitrogens with zero attached hydrogens (tertiary/aromatic N) is 4. The van der Waals surface area contributed by atoms with Crippen molar-refractivity contribution in [2.75, 3.05) is 13.7 Å². The highest BCUT2D eigenvalue weighted by atomic mass is 79.9. The van der Waals surface area contributed by atoms with E-state index in [0.717, 1.165) is 21.3 Å². The summed E-state index contributed by atoms with van der Waals surface area (Å²) in [6, 6.07) is 5.77. The monoisotopic (exact) mass is 476 g/mol. The van der Waals surface area contributed by atoms with Gasteiger partial charge in [0.15, 0.2) is 15.9 Å². The lowest BCUT2D eigenvalue weighted by Gasteiger charge is -2.12. The van der Waals surface area contributed by atoms with Gasteiger partial charge in [-0.25, -0.2) is 9.78 Å². The van der Waals surface area contributed by atoms with Crippen molar-refractivity contribution in [3.63, 3.8) is 0 Å². The summed E-state index contributed by atoms with van der Waals surface area (Å²) in [7, 11) is 3.56. The van der Waals surface area contributed by atoms with Crippen LogP contribution >= 0.6 is 15.9 Å². The molecule has 0 spiro atoms. The molecule has 0 radical (unpaired) electrons. The molecule has 0 fully saturated rings. The molecule has 11 heteroatoms. The van der Waals surface area contributed by atoms with Crippen LogP contribution in [0.2, 0.25) is 0 Å². The van der Waals surface area contributed by atoms with E-state index in [1.165, 1.54) is 11.5 Å². The first-order valence-corrected chi connectivity index (χ1v) is 10.2. The van der Waals surface area contributed by atoms with Gasteiger partial charge in [-0.05, 0) is 39.9 Å². The van der Waals surface area contributed by atoms with E-state index in [0.29, 0.717) is 16.8 Å². The molecular formula is C19H22BBrN4O5. The SMILES string of the molecule is Bc1cc(Cn2c(Br)nc3c2c(=O)n(CC)c(=O)n3CCOC(C)=O)ccc1OC. The Morgan fingerprint density at radius 1 is 1.23 bits per heavy atom. The largest absolute Gasteiger partial charge is 0.497 e. The Kier molecular flexibility index (Phi) is 6.50. The molecule has 3 rings (SSSR count). The van der Waals surface area contributed by atoms with Crippen molar-refractivity contribution >= 4 is 46.4 Å². The normalized spacial score (nSPS) is 11.1. The van der Waals surface area contributed by atoms with Crippen LogP contribution in [0.3, 0.4) is 0 Å². The lowest BCUT2D eigenvalue weighted by Crippen LogP contribution is -2.40. The van der Waals surface area contributed by atoms with Crippen LogP contribution in [0.4, 0.5) is 0 Å². The number of carbonyl (C=O) groups is 1. The summed E-state index contributed by atoms with van der Waals surface area (Å²) in [5.74, 6) is 0.339. The second-order valence-electron chi connectivity index (χ2n) is 6.77. The molecule has 0 amide bonds. The third-order valence-corrected chi connectivity index (χ3v) is 5.41. The van der Waals surface area contributed by atoms with Gasteiger partial charge in [-0.15, -0.1) is 0 Å². The van der Waals surface area contributed by atoms with Crippen LogP contribution in [-0.4, -0.2) is 46.2 Å². The second kappa shape index (κ2) is 8.91. The van der Waals surface area contributed by atoms with Gasteiger partial charge in [0.05, 0.1) is 20.2 Å². The first-order chi connectivity index (χ1) is 14.3. The average molecular weight is 477 g/mol. The summed E-state index contributed by atoms with van der Waals surface area (Å²) < 4.78 is 15.0. The molecule has 158 valence electrons. The van der Waals surface area contributed by atoms with Gasteiger partial charge in [-0.3, -0.25) is 18.7 Å². The number of benzene rings is 1. The minimum atomic E-state index is -0.486. The third-order valence-electron chi connectivity index (χ3n) is 4.80. The molecule has 0 unspecified atom stereocenters. The number of hydrogen-bond donors (Lipinski definition) is 0. The van der Waals surface area contributed by atoms with Gasteiger partial charge in [0.2, 0.25) is 0 Å². The van der Waals surface area contributed by atoms with Crippen molar-refractivity contribution in [1.82, 2.24) is 18.7 Å². The molecule has 0 saturated heterocycles. The molecule has 0 bridgehead atoms. The smallest absolute Gasteiger partial charge is 0.332 e. The topological polar surface area (TPSA) is 97.4 Å². The molecule has 0 aliphatic carbocycles. The Morgan fingerprint density at radius 2 is 1.97 bits per heavy atom. The molecule has 2 aromatic heterocycles. The van der Waals surface area contributed by atoms with Crippen molar-refractivity contribution in [3.05, 3.63) is 49.3 Å². The number of aromatic nitrogens is 4. The molecule has 30 heavy (non-hydrogen) atoms. The van der Waals surface area contributed by atoms with E-state index in [1.54, 1.807) is 18.6 Å². The third kappa shape index (κ3) is 4.07. The molecule has 0 N–H and O–H groups in total. The zero-order valence-corrected chi connectivity index (χ0v) is 18.9. The number of ether oxygens (including phenoxy) is 2. The van der Waals surface area contributed by atoms with Gasteiger partial charge >= 0.3 is 11.7 Å². The lowest BCUT2D eigenvalue weighted by atomic mass is 9.93. The molecule has 2 heterocycles. The van der Waals surface area contributed by atoms with Crippen LogP contribution in [0.15, 0.2) is 32.5 Å². The Hall–Kier alpha value is -2.82. The van der Waals surface area contributed by atoms with Crippen molar-refractivity contribution in [1.29, 1.82) is 0 Å². The van der Waals surface area contributed by atoms with Crippen molar-refractivity contribution in [3.8, 4) is 5.75 Å². The zero-order valence-electron chi connectivity index (χ0n) is 17.3. The van der Waals surface area contributed by atoms with Gasteiger partial charge in [0, 0.05) is 13.5 Å². The fourth-order valence-corrected chi connectivity index (χ4v) is 3.86. The standard InChI is InChI=1S/C19H22BBrN4O5/c1-4-23-17(27)15-16(24(19(23)28)7-8-30-11(2)26)22-18(21)25(15)10-12-5-6-14(29-3)13(20)9-12/h5-6,9H,4,7-8,10,20H2,1-3H3. The lowest BCUT2D eigenvalue weighted by molar-refractivity contribution is -0.141. The highest BCUT2D eigenvalue weighted by Gasteiger charge is 2.20. The number of methoxy groups -OCH3 is 1. The fraction of sp³-hybridized carbons (Fsp3) is 0.368. The molecule has 3 aromatic rings. The number of carbonyl (C=O) groups excluding carboxylic acids is 1. The van der Waals surface area contributed by atoms with E-state index in [2.05, 4.69) is 20.9 Å². The van der Waals surface area contributed by atoms with E-state index < -0.39 is 17.2 Å². The van der Waals surface area contributed by atoms with Crippen LogP contribution in [0.25, 0.3) is 11.2 Å². The molecule has 0 atom stereocenters. The number of esters is 1. The molecule has 0 aliphatic rings. The highest BCUT2D eigenvalue weighted by molar-refractivity contribution is 9.10. The van der Waals surface area contributed by atoms with Crippen LogP contribution in [-0.2, 0) is 29.2 Å². The number of halogens is 1. The van der Waals surface area contributed by atoms with E-state index >= 15 is 0 Å². The van der Waals surface area contributed by atoms with Crippen molar-refractivity contribution in [2.24, 2.45) is 0 Å². The first-order valence-electron chi connectivity index (χ1n) is 9.44. The van der Waals surface area contributed by atoms with Crippen LogP contribution in [0, 0.1) is 0 Å². The summed E-state index contributed by atoms with van der Waals surface area (Å²) in [5, 5.41) is 0. The summed E-state index contributed by atoms with van der Waals surface area (Å²) in [5.41, 5.74) is 1.58. The minimum Gasteiger partial charge on any atom is -0.497 e. The Balaban J connectivity index is 2.15. The van der Waals surface area contributed by atoms with Gasteiger partial charge < -0.3 is 14.0 Å².